The van der Waals surface area contributed by atoms with Gasteiger partial charge in [0.2, 0.25) is 0 Å². The van der Waals surface area contributed by atoms with Gasteiger partial charge in [0, 0.05) is 10.8 Å². The first kappa shape index (κ1) is 16.4. The predicted octanol–water partition coefficient (Wildman–Crippen LogP) is 4.49. The van der Waals surface area contributed by atoms with Crippen molar-refractivity contribution < 1.29 is 14.6 Å². The van der Waals surface area contributed by atoms with Crippen molar-refractivity contribution in [3.8, 4) is 22.9 Å². The lowest BCUT2D eigenvalue weighted by Crippen LogP contribution is -1.96. The summed E-state index contributed by atoms with van der Waals surface area (Å²) in [5.74, 6) is -0.392. The Morgan fingerprint density at radius 1 is 1.45 bits per heavy atom. The fourth-order valence-electron chi connectivity index (χ4n) is 2.01. The van der Waals surface area contributed by atoms with E-state index in [2.05, 4.69) is 6.07 Å². The average Bonchev–Trinajstić information content (AvgIpc) is 2.85. The lowest BCUT2D eigenvalue weighted by Gasteiger charge is -2.06. The number of ether oxygens (including phenoxy) is 1. The summed E-state index contributed by atoms with van der Waals surface area (Å²) < 4.78 is 5.93. The summed E-state index contributed by atoms with van der Waals surface area (Å²) in [5, 5.41) is 19.3. The number of rotatable bonds is 5. The first-order valence-electron chi connectivity index (χ1n) is 6.59. The number of carboxylic acid groups (broad SMARTS) is 1. The number of thioether (sulfide) groups is 1. The van der Waals surface area contributed by atoms with Crippen molar-refractivity contribution in [1.82, 2.24) is 0 Å². The number of aromatic carboxylic acids is 1. The van der Waals surface area contributed by atoms with Gasteiger partial charge in [-0.15, -0.1) is 23.1 Å². The largest absolute Gasteiger partial charge is 0.497 e. The molecule has 0 saturated heterocycles. The van der Waals surface area contributed by atoms with E-state index in [0.29, 0.717) is 22.4 Å². The quantitative estimate of drug-likeness (QED) is 0.816. The third-order valence-corrected chi connectivity index (χ3v) is 5.28. The summed E-state index contributed by atoms with van der Waals surface area (Å²) in [5.41, 5.74) is 1.58. The lowest BCUT2D eigenvalue weighted by molar-refractivity contribution is 0.0703. The van der Waals surface area contributed by atoms with Crippen LogP contribution in [-0.2, 0) is 0 Å². The molecule has 22 heavy (non-hydrogen) atoms. The normalized spacial score (nSPS) is 10.5. The van der Waals surface area contributed by atoms with Crippen molar-refractivity contribution in [3.63, 3.8) is 0 Å². The molecule has 2 rings (SSSR count). The minimum Gasteiger partial charge on any atom is -0.497 e. The van der Waals surface area contributed by atoms with Crippen molar-refractivity contribution in [3.05, 3.63) is 34.7 Å². The number of methoxy groups -OCH3 is 1. The molecule has 0 aliphatic heterocycles. The fraction of sp³-hybridized carbons (Fsp3) is 0.250. The Kier molecular flexibility index (Phi) is 5.11. The number of carbonyl (C=O) groups is 1. The Balaban J connectivity index is 2.69. The number of nitriles is 1. The van der Waals surface area contributed by atoms with Gasteiger partial charge in [-0.25, -0.2) is 4.79 Å². The number of benzene rings is 1. The molecule has 6 heteroatoms. The maximum Gasteiger partial charge on any atom is 0.346 e. The topological polar surface area (TPSA) is 70.3 Å². The lowest BCUT2D eigenvalue weighted by atomic mass is 10.0. The van der Waals surface area contributed by atoms with Crippen molar-refractivity contribution in [2.75, 3.05) is 7.11 Å². The molecule has 0 radical (unpaired) electrons. The number of hydrogen-bond acceptors (Lipinski definition) is 5. The van der Waals surface area contributed by atoms with Crippen LogP contribution in [0.15, 0.2) is 28.5 Å². The summed E-state index contributed by atoms with van der Waals surface area (Å²) >= 11 is 2.66. The van der Waals surface area contributed by atoms with Gasteiger partial charge >= 0.3 is 5.97 Å². The van der Waals surface area contributed by atoms with Crippen molar-refractivity contribution in [1.29, 1.82) is 5.26 Å². The van der Waals surface area contributed by atoms with Crippen molar-refractivity contribution in [2.45, 2.75) is 23.3 Å². The van der Waals surface area contributed by atoms with Gasteiger partial charge in [-0.3, -0.25) is 0 Å². The SMILES string of the molecule is COc1cccc(-c2c(C(=O)O)sc(SC(C)C)c2C#N)c1. The van der Waals surface area contributed by atoms with Gasteiger partial charge in [-0.2, -0.15) is 5.26 Å². The molecule has 4 nitrogen and oxygen atoms in total. The van der Waals surface area contributed by atoms with Gasteiger partial charge in [-0.1, -0.05) is 26.0 Å². The van der Waals surface area contributed by atoms with E-state index in [1.165, 1.54) is 11.8 Å². The van der Waals surface area contributed by atoms with E-state index < -0.39 is 5.97 Å². The molecule has 0 unspecified atom stereocenters. The van der Waals surface area contributed by atoms with Gasteiger partial charge < -0.3 is 9.84 Å². The summed E-state index contributed by atoms with van der Waals surface area (Å²) in [6.07, 6.45) is 0. The molecule has 2 aromatic rings. The molecule has 0 aliphatic carbocycles. The van der Waals surface area contributed by atoms with E-state index in [1.54, 1.807) is 31.4 Å². The second kappa shape index (κ2) is 6.86. The molecule has 1 aromatic heterocycles. The first-order valence-corrected chi connectivity index (χ1v) is 8.28. The summed E-state index contributed by atoms with van der Waals surface area (Å²) in [6, 6.07) is 9.28. The van der Waals surface area contributed by atoms with Crippen LogP contribution in [0.1, 0.15) is 29.1 Å². The third kappa shape index (κ3) is 3.26. The van der Waals surface area contributed by atoms with Crippen LogP contribution in [0.2, 0.25) is 0 Å². The molecular weight excluding hydrogens is 318 g/mol. The van der Waals surface area contributed by atoms with Crippen LogP contribution >= 0.6 is 23.1 Å². The Morgan fingerprint density at radius 2 is 2.18 bits per heavy atom. The molecule has 1 aromatic carbocycles. The highest BCUT2D eigenvalue weighted by Crippen LogP contribution is 2.43. The van der Waals surface area contributed by atoms with E-state index in [9.17, 15) is 15.2 Å². The molecule has 0 saturated carbocycles. The van der Waals surface area contributed by atoms with E-state index >= 15 is 0 Å². The van der Waals surface area contributed by atoms with E-state index in [1.807, 2.05) is 13.8 Å². The zero-order chi connectivity index (χ0) is 16.3. The van der Waals surface area contributed by atoms with Crippen LogP contribution in [0.5, 0.6) is 5.75 Å². The second-order valence-corrected chi connectivity index (χ2v) is 7.65. The van der Waals surface area contributed by atoms with Crippen LogP contribution in [0.25, 0.3) is 11.1 Å². The maximum absolute atomic E-state index is 11.6. The number of carboxylic acids is 1. The number of thiophene rings is 1. The predicted molar refractivity (Wildman–Crippen MR) is 89.0 cm³/mol. The van der Waals surface area contributed by atoms with Crippen molar-refractivity contribution in [2.24, 2.45) is 0 Å². The van der Waals surface area contributed by atoms with Gasteiger partial charge in [0.05, 0.1) is 16.9 Å². The molecule has 0 amide bonds. The first-order chi connectivity index (χ1) is 10.5. The number of nitrogens with zero attached hydrogens (tertiary/aromatic N) is 1. The van der Waals surface area contributed by atoms with Gasteiger partial charge in [-0.05, 0) is 17.7 Å². The zero-order valence-electron chi connectivity index (χ0n) is 12.4. The van der Waals surface area contributed by atoms with Crippen LogP contribution in [-0.4, -0.2) is 23.4 Å². The minimum atomic E-state index is -1.02. The monoisotopic (exact) mass is 333 g/mol. The highest BCUT2D eigenvalue weighted by atomic mass is 32.2. The van der Waals surface area contributed by atoms with Crippen LogP contribution in [0, 0.1) is 11.3 Å². The second-order valence-electron chi connectivity index (χ2n) is 4.78. The van der Waals surface area contributed by atoms with Crippen LogP contribution < -0.4 is 4.74 Å². The molecule has 0 aliphatic rings. The van der Waals surface area contributed by atoms with Crippen LogP contribution in [0.3, 0.4) is 0 Å². The smallest absolute Gasteiger partial charge is 0.346 e. The Labute approximate surface area is 137 Å². The highest BCUT2D eigenvalue weighted by Gasteiger charge is 2.24. The maximum atomic E-state index is 11.6. The van der Waals surface area contributed by atoms with Gasteiger partial charge in [0.25, 0.3) is 0 Å². The molecule has 0 spiro atoms. The van der Waals surface area contributed by atoms with E-state index in [-0.39, 0.29) is 10.1 Å². The summed E-state index contributed by atoms with van der Waals surface area (Å²) in [7, 11) is 1.55. The van der Waals surface area contributed by atoms with E-state index in [0.717, 1.165) is 15.5 Å². The van der Waals surface area contributed by atoms with Gasteiger partial charge in [0.15, 0.2) is 0 Å². The van der Waals surface area contributed by atoms with Gasteiger partial charge in [0.1, 0.15) is 16.7 Å². The standard InChI is InChI=1S/C16H15NO3S2/c1-9(2)21-16-12(8-17)13(14(22-16)15(18)19)10-5-4-6-11(7-10)20-3/h4-7,9H,1-3H3,(H,18,19). The zero-order valence-corrected chi connectivity index (χ0v) is 14.0. The Hall–Kier alpha value is -1.97. The Bertz CT molecular complexity index is 744. The molecular formula is C16H15NO3S2. The molecule has 114 valence electrons. The summed E-state index contributed by atoms with van der Waals surface area (Å²) in [6.45, 7) is 4.02. The molecule has 1 N–H and O–H groups in total. The van der Waals surface area contributed by atoms with Crippen molar-refractivity contribution >= 4 is 29.1 Å². The van der Waals surface area contributed by atoms with Crippen LogP contribution in [0.4, 0.5) is 0 Å². The molecule has 0 bridgehead atoms. The summed E-state index contributed by atoms with van der Waals surface area (Å²) in [4.78, 5) is 11.8. The Morgan fingerprint density at radius 3 is 2.73 bits per heavy atom. The third-order valence-electron chi connectivity index (χ3n) is 2.88. The fourth-order valence-corrected chi connectivity index (χ4v) is 4.57. The number of hydrogen-bond donors (Lipinski definition) is 1. The molecule has 1 heterocycles. The molecule has 0 fully saturated rings. The minimum absolute atomic E-state index is 0.188. The molecule has 0 atom stereocenters. The van der Waals surface area contributed by atoms with E-state index in [4.69, 9.17) is 4.74 Å². The average molecular weight is 333 g/mol. The highest BCUT2D eigenvalue weighted by molar-refractivity contribution is 8.01.